The van der Waals surface area contributed by atoms with Crippen LogP contribution in [0.15, 0.2) is 0 Å². The van der Waals surface area contributed by atoms with Gasteiger partial charge in [-0.15, -0.1) is 0 Å². The van der Waals surface area contributed by atoms with Crippen LogP contribution in [0, 0.1) is 11.3 Å². The molecule has 0 aromatic rings. The molecule has 2 N–H and O–H groups in total. The first-order chi connectivity index (χ1) is 8.47. The molecule has 104 valence electrons. The van der Waals surface area contributed by atoms with Gasteiger partial charge in [0.1, 0.15) is 0 Å². The van der Waals surface area contributed by atoms with Gasteiger partial charge in [-0.05, 0) is 37.6 Å². The minimum Gasteiger partial charge on any atom is -0.356 e. The molecule has 1 unspecified atom stereocenters. The zero-order valence-corrected chi connectivity index (χ0v) is 12.1. The van der Waals surface area contributed by atoms with Crippen molar-refractivity contribution in [2.24, 2.45) is 11.3 Å². The SMILES string of the molecule is CNC1(CC(=O)NCC2CC2(C)C)CCCCC1. The molecule has 0 radical (unpaired) electrons. The summed E-state index contributed by atoms with van der Waals surface area (Å²) >= 11 is 0. The highest BCUT2D eigenvalue weighted by atomic mass is 16.1. The fourth-order valence-corrected chi connectivity index (χ4v) is 3.28. The van der Waals surface area contributed by atoms with E-state index in [1.807, 2.05) is 7.05 Å². The van der Waals surface area contributed by atoms with Gasteiger partial charge < -0.3 is 10.6 Å². The van der Waals surface area contributed by atoms with Gasteiger partial charge in [-0.2, -0.15) is 0 Å². The van der Waals surface area contributed by atoms with E-state index in [9.17, 15) is 4.79 Å². The van der Waals surface area contributed by atoms with Crippen molar-refractivity contribution in [3.63, 3.8) is 0 Å². The van der Waals surface area contributed by atoms with Crippen LogP contribution in [0.3, 0.4) is 0 Å². The van der Waals surface area contributed by atoms with Gasteiger partial charge >= 0.3 is 0 Å². The number of amides is 1. The van der Waals surface area contributed by atoms with Crippen LogP contribution in [0.1, 0.15) is 58.8 Å². The van der Waals surface area contributed by atoms with Gasteiger partial charge in [-0.3, -0.25) is 4.79 Å². The summed E-state index contributed by atoms with van der Waals surface area (Å²) in [7, 11) is 2.00. The Balaban J connectivity index is 1.75. The van der Waals surface area contributed by atoms with Gasteiger partial charge in [-0.1, -0.05) is 33.1 Å². The third kappa shape index (κ3) is 3.25. The molecule has 0 bridgehead atoms. The number of nitrogens with one attached hydrogen (secondary N) is 2. The molecule has 2 rings (SSSR count). The van der Waals surface area contributed by atoms with E-state index in [4.69, 9.17) is 0 Å². The van der Waals surface area contributed by atoms with Crippen LogP contribution in [0.25, 0.3) is 0 Å². The monoisotopic (exact) mass is 252 g/mol. The Hall–Kier alpha value is -0.570. The van der Waals surface area contributed by atoms with Gasteiger partial charge in [0.05, 0.1) is 0 Å². The van der Waals surface area contributed by atoms with Gasteiger partial charge in [0.25, 0.3) is 0 Å². The Morgan fingerprint density at radius 1 is 1.22 bits per heavy atom. The molecule has 0 heterocycles. The first-order valence-corrected chi connectivity index (χ1v) is 7.43. The maximum Gasteiger partial charge on any atom is 0.221 e. The third-order valence-electron chi connectivity index (χ3n) is 5.10. The van der Waals surface area contributed by atoms with Crippen LogP contribution in [0.5, 0.6) is 0 Å². The van der Waals surface area contributed by atoms with E-state index >= 15 is 0 Å². The molecule has 3 nitrogen and oxygen atoms in total. The average molecular weight is 252 g/mol. The average Bonchev–Trinajstić information content (AvgIpc) is 2.96. The van der Waals surface area contributed by atoms with E-state index in [2.05, 4.69) is 24.5 Å². The van der Waals surface area contributed by atoms with E-state index in [1.54, 1.807) is 0 Å². The highest BCUT2D eigenvalue weighted by molar-refractivity contribution is 5.77. The second-order valence-corrected chi connectivity index (χ2v) is 6.96. The molecule has 1 amide bonds. The predicted octanol–water partition coefficient (Wildman–Crippen LogP) is 2.46. The third-order valence-corrected chi connectivity index (χ3v) is 5.10. The maximum absolute atomic E-state index is 12.1. The van der Waals surface area contributed by atoms with Crippen molar-refractivity contribution in [3.8, 4) is 0 Å². The van der Waals surface area contributed by atoms with E-state index in [0.29, 0.717) is 17.8 Å². The lowest BCUT2D eigenvalue weighted by atomic mass is 9.79. The van der Waals surface area contributed by atoms with Crippen molar-refractivity contribution in [1.82, 2.24) is 10.6 Å². The molecule has 18 heavy (non-hydrogen) atoms. The molecule has 2 aliphatic carbocycles. The molecule has 1 atom stereocenters. The zero-order chi connectivity index (χ0) is 13.2. The van der Waals surface area contributed by atoms with Crippen LogP contribution in [-0.4, -0.2) is 25.0 Å². The summed E-state index contributed by atoms with van der Waals surface area (Å²) in [5, 5.41) is 6.53. The van der Waals surface area contributed by atoms with Crippen molar-refractivity contribution in [1.29, 1.82) is 0 Å². The molecular formula is C15H28N2O. The quantitative estimate of drug-likeness (QED) is 0.789. The first kappa shape index (κ1) is 13.9. The summed E-state index contributed by atoms with van der Waals surface area (Å²) in [6.07, 6.45) is 8.02. The number of carbonyl (C=O) groups is 1. The van der Waals surface area contributed by atoms with Crippen molar-refractivity contribution in [2.45, 2.75) is 64.3 Å². The molecule has 2 saturated carbocycles. The van der Waals surface area contributed by atoms with E-state index in [0.717, 1.165) is 19.4 Å². The molecule has 0 spiro atoms. The number of rotatable bonds is 5. The molecule has 0 saturated heterocycles. The molecule has 0 aromatic heterocycles. The summed E-state index contributed by atoms with van der Waals surface area (Å²) < 4.78 is 0. The second kappa shape index (κ2) is 5.20. The molecular weight excluding hydrogens is 224 g/mol. The first-order valence-electron chi connectivity index (χ1n) is 7.43. The van der Waals surface area contributed by atoms with Gasteiger partial charge in [0.2, 0.25) is 5.91 Å². The normalized spacial score (nSPS) is 28.7. The van der Waals surface area contributed by atoms with Crippen molar-refractivity contribution >= 4 is 5.91 Å². The fourth-order valence-electron chi connectivity index (χ4n) is 3.28. The van der Waals surface area contributed by atoms with Crippen molar-refractivity contribution < 1.29 is 4.79 Å². The van der Waals surface area contributed by atoms with Crippen molar-refractivity contribution in [3.05, 3.63) is 0 Å². The van der Waals surface area contributed by atoms with Gasteiger partial charge in [-0.25, -0.2) is 0 Å². The Labute approximate surface area is 111 Å². The predicted molar refractivity (Wildman–Crippen MR) is 74.4 cm³/mol. The number of carbonyl (C=O) groups excluding carboxylic acids is 1. The number of hydrogen-bond donors (Lipinski definition) is 2. The van der Waals surface area contributed by atoms with Crippen LogP contribution >= 0.6 is 0 Å². The van der Waals surface area contributed by atoms with Crippen LogP contribution in [0.2, 0.25) is 0 Å². The standard InChI is InChI=1S/C15H28N2O/c1-14(2)9-12(14)11-17-13(18)10-15(16-3)7-5-4-6-8-15/h12,16H,4-11H2,1-3H3,(H,17,18). The summed E-state index contributed by atoms with van der Waals surface area (Å²) in [5.41, 5.74) is 0.528. The zero-order valence-electron chi connectivity index (χ0n) is 12.1. The van der Waals surface area contributed by atoms with E-state index in [1.165, 1.54) is 25.7 Å². The highest BCUT2D eigenvalue weighted by Gasteiger charge is 2.45. The van der Waals surface area contributed by atoms with Crippen LogP contribution in [0.4, 0.5) is 0 Å². The van der Waals surface area contributed by atoms with Gasteiger partial charge in [0, 0.05) is 18.5 Å². The Kier molecular flexibility index (Phi) is 4.00. The fraction of sp³-hybridized carbons (Fsp3) is 0.933. The Bertz CT molecular complexity index is 306. The van der Waals surface area contributed by atoms with E-state index < -0.39 is 0 Å². The van der Waals surface area contributed by atoms with Crippen molar-refractivity contribution in [2.75, 3.05) is 13.6 Å². The van der Waals surface area contributed by atoms with Gasteiger partial charge in [0.15, 0.2) is 0 Å². The summed E-state index contributed by atoms with van der Waals surface area (Å²) in [6.45, 7) is 5.42. The minimum absolute atomic E-state index is 0.0708. The van der Waals surface area contributed by atoms with Crippen LogP contribution in [-0.2, 0) is 4.79 Å². The lowest BCUT2D eigenvalue weighted by Gasteiger charge is -2.36. The summed E-state index contributed by atoms with van der Waals surface area (Å²) in [4.78, 5) is 12.1. The summed E-state index contributed by atoms with van der Waals surface area (Å²) in [6, 6.07) is 0. The molecule has 3 heteroatoms. The number of hydrogen-bond acceptors (Lipinski definition) is 2. The molecule has 0 aromatic carbocycles. The smallest absolute Gasteiger partial charge is 0.221 e. The molecule has 2 fully saturated rings. The largest absolute Gasteiger partial charge is 0.356 e. The molecule has 0 aliphatic heterocycles. The van der Waals surface area contributed by atoms with Crippen LogP contribution < -0.4 is 10.6 Å². The topological polar surface area (TPSA) is 41.1 Å². The molecule has 2 aliphatic rings. The van der Waals surface area contributed by atoms with E-state index in [-0.39, 0.29) is 11.4 Å². The minimum atomic E-state index is 0.0708. The Morgan fingerprint density at radius 2 is 1.83 bits per heavy atom. The summed E-state index contributed by atoms with van der Waals surface area (Å²) in [5.74, 6) is 0.923. The second-order valence-electron chi connectivity index (χ2n) is 6.96. The highest BCUT2D eigenvalue weighted by Crippen LogP contribution is 2.51. The lowest BCUT2D eigenvalue weighted by Crippen LogP contribution is -2.48. The lowest BCUT2D eigenvalue weighted by molar-refractivity contribution is -0.123. The maximum atomic E-state index is 12.1. The Morgan fingerprint density at radius 3 is 2.33 bits per heavy atom.